The number of hydrogen-bond donors (Lipinski definition) is 0. The van der Waals surface area contributed by atoms with Gasteiger partial charge in [-0.25, -0.2) is 14.6 Å². The van der Waals surface area contributed by atoms with E-state index in [2.05, 4.69) is 4.99 Å². The molecule has 0 atom stereocenters. The quantitative estimate of drug-likeness (QED) is 0.550. The molecule has 7 nitrogen and oxygen atoms in total. The van der Waals surface area contributed by atoms with E-state index in [1.165, 1.54) is 17.7 Å². The third-order valence-corrected chi connectivity index (χ3v) is 5.40. The van der Waals surface area contributed by atoms with E-state index in [1.807, 2.05) is 31.2 Å². The van der Waals surface area contributed by atoms with Gasteiger partial charge in [0.15, 0.2) is 4.80 Å². The summed E-state index contributed by atoms with van der Waals surface area (Å²) in [6.07, 6.45) is 0. The summed E-state index contributed by atoms with van der Waals surface area (Å²) in [5.74, 6) is -1.01. The minimum Gasteiger partial charge on any atom is -0.465 e. The van der Waals surface area contributed by atoms with Crippen molar-refractivity contribution in [2.24, 2.45) is 4.99 Å². The molecule has 0 spiro atoms. The topological polar surface area (TPSA) is 87.0 Å². The molecule has 0 N–H and O–H groups in total. The van der Waals surface area contributed by atoms with Gasteiger partial charge in [0.05, 0.1) is 31.5 Å². The van der Waals surface area contributed by atoms with Crippen LogP contribution in [0.4, 0.5) is 5.69 Å². The summed E-state index contributed by atoms with van der Waals surface area (Å²) in [4.78, 5) is 41.7. The van der Waals surface area contributed by atoms with Crippen LogP contribution in [0.2, 0.25) is 0 Å². The first kappa shape index (κ1) is 22.2. The lowest BCUT2D eigenvalue weighted by Crippen LogP contribution is -2.33. The average Bonchev–Trinajstić information content (AvgIpc) is 2.77. The fraction of sp³-hybridized carbons (Fsp3) is 0.217. The van der Waals surface area contributed by atoms with Crippen molar-refractivity contribution in [1.29, 1.82) is 0 Å². The summed E-state index contributed by atoms with van der Waals surface area (Å²) in [6, 6.07) is 15.6. The lowest BCUT2D eigenvalue weighted by Gasteiger charge is -2.08. The van der Waals surface area contributed by atoms with Crippen molar-refractivity contribution in [3.63, 3.8) is 0 Å². The summed E-state index contributed by atoms with van der Waals surface area (Å²) in [5, 5.41) is 0. The van der Waals surface area contributed by atoms with E-state index in [0.717, 1.165) is 22.5 Å². The van der Waals surface area contributed by atoms with Crippen molar-refractivity contribution >= 4 is 29.0 Å². The Kier molecular flexibility index (Phi) is 7.15. The minimum absolute atomic E-state index is 0.162. The Morgan fingerprint density at radius 3 is 2.32 bits per heavy atom. The van der Waals surface area contributed by atoms with E-state index in [4.69, 9.17) is 9.47 Å². The summed E-state index contributed by atoms with van der Waals surface area (Å²) in [5.41, 5.74) is 2.63. The fourth-order valence-electron chi connectivity index (χ4n) is 2.77. The Morgan fingerprint density at radius 1 is 1.03 bits per heavy atom. The fourth-order valence-corrected chi connectivity index (χ4v) is 3.71. The maximum absolute atomic E-state index is 12.8. The normalized spacial score (nSPS) is 11.3. The molecule has 1 aromatic heterocycles. The lowest BCUT2D eigenvalue weighted by atomic mass is 10.1. The smallest absolute Gasteiger partial charge is 0.348 e. The number of carbonyl (C=O) groups is 2. The van der Waals surface area contributed by atoms with Crippen molar-refractivity contribution in [1.82, 2.24) is 4.57 Å². The van der Waals surface area contributed by atoms with Crippen LogP contribution < -0.4 is 10.4 Å². The Labute approximate surface area is 183 Å². The van der Waals surface area contributed by atoms with Crippen LogP contribution in [0.25, 0.3) is 0 Å². The zero-order valence-electron chi connectivity index (χ0n) is 17.5. The van der Waals surface area contributed by atoms with Gasteiger partial charge in [-0.15, -0.1) is 0 Å². The van der Waals surface area contributed by atoms with Crippen LogP contribution in [-0.2, 0) is 16.0 Å². The molecule has 0 unspecified atom stereocenters. The van der Waals surface area contributed by atoms with Crippen molar-refractivity contribution in [3.05, 3.63) is 91.3 Å². The number of rotatable bonds is 6. The molecular weight excluding hydrogens is 416 g/mol. The Balaban J connectivity index is 2.08. The molecule has 0 aliphatic carbocycles. The highest BCUT2D eigenvalue weighted by atomic mass is 32.1. The first-order valence-corrected chi connectivity index (χ1v) is 10.4. The van der Waals surface area contributed by atoms with Crippen molar-refractivity contribution in [2.45, 2.75) is 20.4 Å². The standard InChI is InChI=1S/C23H22N2O5S/c1-4-30-21(27)17-9-11-18(12-10-17)24-23-25(14-16-7-5-15(2)6-8-16)20(26)13-19(31-23)22(28)29-3/h5-13H,4,14H2,1-3H3. The van der Waals surface area contributed by atoms with Gasteiger partial charge in [0.2, 0.25) is 0 Å². The van der Waals surface area contributed by atoms with Crippen LogP contribution in [0.3, 0.4) is 0 Å². The molecule has 3 aromatic rings. The maximum Gasteiger partial charge on any atom is 0.348 e. The van der Waals surface area contributed by atoms with Crippen LogP contribution in [0.5, 0.6) is 0 Å². The number of nitrogens with zero attached hydrogens (tertiary/aromatic N) is 2. The zero-order chi connectivity index (χ0) is 22.4. The van der Waals surface area contributed by atoms with Crippen LogP contribution in [0.15, 0.2) is 64.4 Å². The number of hydrogen-bond acceptors (Lipinski definition) is 7. The Morgan fingerprint density at radius 2 is 1.71 bits per heavy atom. The number of ether oxygens (including phenoxy) is 2. The summed E-state index contributed by atoms with van der Waals surface area (Å²) >= 11 is 1.06. The van der Waals surface area contributed by atoms with Crippen LogP contribution in [0, 0.1) is 6.92 Å². The van der Waals surface area contributed by atoms with E-state index in [0.29, 0.717) is 22.6 Å². The molecule has 160 valence electrons. The summed E-state index contributed by atoms with van der Waals surface area (Å²) in [7, 11) is 1.26. The minimum atomic E-state index is -0.598. The molecule has 0 radical (unpaired) electrons. The van der Waals surface area contributed by atoms with Gasteiger partial charge in [0.25, 0.3) is 5.56 Å². The third-order valence-electron chi connectivity index (χ3n) is 4.40. The highest BCUT2D eigenvalue weighted by molar-refractivity contribution is 7.11. The maximum atomic E-state index is 12.8. The predicted octanol–water partition coefficient (Wildman–Crippen LogP) is 3.46. The zero-order valence-corrected chi connectivity index (χ0v) is 18.3. The first-order chi connectivity index (χ1) is 14.9. The van der Waals surface area contributed by atoms with Crippen molar-refractivity contribution < 1.29 is 19.1 Å². The van der Waals surface area contributed by atoms with Crippen molar-refractivity contribution in [3.8, 4) is 0 Å². The van der Waals surface area contributed by atoms with Crippen LogP contribution >= 0.6 is 11.3 Å². The molecule has 0 saturated carbocycles. The highest BCUT2D eigenvalue weighted by Gasteiger charge is 2.12. The van der Waals surface area contributed by atoms with Gasteiger partial charge in [0.1, 0.15) is 4.88 Å². The van der Waals surface area contributed by atoms with Gasteiger partial charge in [-0.05, 0) is 43.7 Å². The number of esters is 2. The molecule has 1 heterocycles. The molecule has 0 aliphatic rings. The third kappa shape index (κ3) is 5.55. The van der Waals surface area contributed by atoms with Gasteiger partial charge < -0.3 is 9.47 Å². The molecule has 31 heavy (non-hydrogen) atoms. The number of benzene rings is 2. The molecule has 0 fully saturated rings. The molecule has 0 amide bonds. The second-order valence-corrected chi connectivity index (χ2v) is 7.68. The summed E-state index contributed by atoms with van der Waals surface area (Å²) in [6.45, 7) is 4.32. The van der Waals surface area contributed by atoms with E-state index >= 15 is 0 Å². The van der Waals surface area contributed by atoms with Gasteiger partial charge in [0, 0.05) is 6.07 Å². The number of methoxy groups -OCH3 is 1. The average molecular weight is 439 g/mol. The highest BCUT2D eigenvalue weighted by Crippen LogP contribution is 2.14. The van der Waals surface area contributed by atoms with Gasteiger partial charge >= 0.3 is 11.9 Å². The van der Waals surface area contributed by atoms with E-state index < -0.39 is 11.9 Å². The monoisotopic (exact) mass is 438 g/mol. The molecule has 0 bridgehead atoms. The van der Waals surface area contributed by atoms with E-state index in [-0.39, 0.29) is 17.0 Å². The van der Waals surface area contributed by atoms with E-state index in [9.17, 15) is 14.4 Å². The largest absolute Gasteiger partial charge is 0.465 e. The predicted molar refractivity (Wildman–Crippen MR) is 118 cm³/mol. The van der Waals surface area contributed by atoms with Gasteiger partial charge in [-0.2, -0.15) is 0 Å². The SMILES string of the molecule is CCOC(=O)c1ccc(N=c2sc(C(=O)OC)cc(=O)n2Cc2ccc(C)cc2)cc1. The van der Waals surface area contributed by atoms with E-state index in [1.54, 1.807) is 31.2 Å². The Bertz CT molecular complexity index is 1210. The molecule has 2 aromatic carbocycles. The number of aromatic nitrogens is 1. The molecule has 8 heteroatoms. The summed E-state index contributed by atoms with van der Waals surface area (Å²) < 4.78 is 11.2. The van der Waals surface area contributed by atoms with Gasteiger partial charge in [-0.3, -0.25) is 9.36 Å². The lowest BCUT2D eigenvalue weighted by molar-refractivity contribution is 0.0525. The second-order valence-electron chi connectivity index (χ2n) is 6.67. The van der Waals surface area contributed by atoms with Crippen LogP contribution in [0.1, 0.15) is 38.1 Å². The first-order valence-electron chi connectivity index (χ1n) is 9.62. The van der Waals surface area contributed by atoms with Crippen LogP contribution in [-0.4, -0.2) is 30.2 Å². The Hall–Kier alpha value is -3.52. The number of carbonyl (C=O) groups excluding carboxylic acids is 2. The van der Waals surface area contributed by atoms with Crippen molar-refractivity contribution in [2.75, 3.05) is 13.7 Å². The molecule has 3 rings (SSSR count). The van der Waals surface area contributed by atoms with Gasteiger partial charge in [-0.1, -0.05) is 41.2 Å². The molecule has 0 saturated heterocycles. The molecular formula is C23H22N2O5S. The second kappa shape index (κ2) is 9.99. The molecule has 0 aliphatic heterocycles. The number of aryl methyl sites for hydroxylation is 1.